The van der Waals surface area contributed by atoms with Gasteiger partial charge in [0.15, 0.2) is 0 Å². The Bertz CT molecular complexity index is 529. The third-order valence-electron chi connectivity index (χ3n) is 2.70. The van der Waals surface area contributed by atoms with Gasteiger partial charge in [0.25, 0.3) is 0 Å². The molecule has 0 aliphatic carbocycles. The lowest BCUT2D eigenvalue weighted by atomic mass is 10.3. The Balaban J connectivity index is 1.83. The molecule has 0 unspecified atom stereocenters. The largest absolute Gasteiger partial charge is 0.495 e. The molecule has 2 rings (SSSR count). The molecule has 2 aromatic carbocycles. The zero-order valence-electron chi connectivity index (χ0n) is 10.9. The number of anilines is 2. The van der Waals surface area contributed by atoms with Gasteiger partial charge in [-0.1, -0.05) is 24.3 Å². The maximum atomic E-state index is 5.79. The molecule has 0 aliphatic rings. The Morgan fingerprint density at radius 3 is 2.42 bits per heavy atom. The van der Waals surface area contributed by atoms with Crippen molar-refractivity contribution in [2.75, 3.05) is 31.3 Å². The van der Waals surface area contributed by atoms with E-state index in [1.807, 2.05) is 48.5 Å². The van der Waals surface area contributed by atoms with E-state index in [4.69, 9.17) is 15.2 Å². The van der Waals surface area contributed by atoms with Crippen LogP contribution in [0.2, 0.25) is 0 Å². The second-order valence-corrected chi connectivity index (χ2v) is 4.01. The summed E-state index contributed by atoms with van der Waals surface area (Å²) in [7, 11) is 1.65. The average molecular weight is 258 g/mol. The molecule has 0 radical (unpaired) electrons. The number of benzene rings is 2. The minimum atomic E-state index is 0.534. The van der Waals surface area contributed by atoms with Crippen LogP contribution in [0.1, 0.15) is 0 Å². The van der Waals surface area contributed by atoms with Crippen LogP contribution in [-0.4, -0.2) is 20.3 Å². The zero-order chi connectivity index (χ0) is 13.5. The quantitative estimate of drug-likeness (QED) is 0.618. The number of ether oxygens (including phenoxy) is 2. The Morgan fingerprint density at radius 2 is 1.68 bits per heavy atom. The van der Waals surface area contributed by atoms with Gasteiger partial charge >= 0.3 is 0 Å². The predicted octanol–water partition coefficient (Wildman–Crippen LogP) is 2.77. The first-order valence-corrected chi connectivity index (χ1v) is 6.15. The molecule has 0 bridgehead atoms. The predicted molar refractivity (Wildman–Crippen MR) is 77.8 cm³/mol. The van der Waals surface area contributed by atoms with Crippen LogP contribution in [0.15, 0.2) is 48.5 Å². The Hall–Kier alpha value is -2.36. The van der Waals surface area contributed by atoms with Crippen molar-refractivity contribution in [3.63, 3.8) is 0 Å². The number of nitrogens with one attached hydrogen (secondary N) is 1. The normalized spacial score (nSPS) is 9.95. The molecule has 4 nitrogen and oxygen atoms in total. The number of nitrogens with two attached hydrogens (primary N) is 1. The first kappa shape index (κ1) is 13.1. The third-order valence-corrected chi connectivity index (χ3v) is 2.70. The number of hydrogen-bond acceptors (Lipinski definition) is 4. The van der Waals surface area contributed by atoms with E-state index in [1.54, 1.807) is 7.11 Å². The summed E-state index contributed by atoms with van der Waals surface area (Å²) in [5.41, 5.74) is 7.40. The van der Waals surface area contributed by atoms with Gasteiger partial charge in [-0.2, -0.15) is 0 Å². The minimum Gasteiger partial charge on any atom is -0.495 e. The molecule has 0 saturated carbocycles. The maximum absolute atomic E-state index is 5.79. The van der Waals surface area contributed by atoms with Gasteiger partial charge in [0, 0.05) is 6.54 Å². The topological polar surface area (TPSA) is 56.5 Å². The lowest BCUT2D eigenvalue weighted by Crippen LogP contribution is -2.12. The van der Waals surface area contributed by atoms with Crippen LogP contribution < -0.4 is 20.5 Å². The molecule has 0 atom stereocenters. The first-order chi connectivity index (χ1) is 9.31. The second kappa shape index (κ2) is 6.54. The van der Waals surface area contributed by atoms with E-state index in [1.165, 1.54) is 0 Å². The van der Waals surface area contributed by atoms with Gasteiger partial charge in [-0.3, -0.25) is 0 Å². The Kier molecular flexibility index (Phi) is 4.50. The standard InChI is InChI=1S/C15H18N2O2/c1-18-15-9-5-3-7-13(15)17-10-11-19-14-8-4-2-6-12(14)16/h2-9,17H,10-11,16H2,1H3. The van der Waals surface area contributed by atoms with Crippen LogP contribution >= 0.6 is 0 Å². The highest BCUT2D eigenvalue weighted by Crippen LogP contribution is 2.23. The molecule has 0 aliphatic heterocycles. The molecule has 2 aromatic rings. The lowest BCUT2D eigenvalue weighted by molar-refractivity contribution is 0.334. The summed E-state index contributed by atoms with van der Waals surface area (Å²) < 4.78 is 10.9. The molecule has 0 amide bonds. The van der Waals surface area contributed by atoms with E-state index in [9.17, 15) is 0 Å². The number of nitrogen functional groups attached to an aromatic ring is 1. The number of rotatable bonds is 6. The lowest BCUT2D eigenvalue weighted by Gasteiger charge is -2.12. The van der Waals surface area contributed by atoms with Crippen LogP contribution in [0, 0.1) is 0 Å². The summed E-state index contributed by atoms with van der Waals surface area (Å²) in [6.45, 7) is 1.21. The molecular formula is C15H18N2O2. The van der Waals surface area contributed by atoms with Gasteiger partial charge in [0.1, 0.15) is 18.1 Å². The number of para-hydroxylation sites is 4. The molecule has 4 heteroatoms. The highest BCUT2D eigenvalue weighted by Gasteiger charge is 2.01. The SMILES string of the molecule is COc1ccccc1NCCOc1ccccc1N. The summed E-state index contributed by atoms with van der Waals surface area (Å²) in [6, 6.07) is 15.2. The van der Waals surface area contributed by atoms with E-state index in [0.29, 0.717) is 24.6 Å². The van der Waals surface area contributed by atoms with Crippen molar-refractivity contribution in [2.24, 2.45) is 0 Å². The van der Waals surface area contributed by atoms with E-state index in [-0.39, 0.29) is 0 Å². The van der Waals surface area contributed by atoms with E-state index >= 15 is 0 Å². The van der Waals surface area contributed by atoms with Crippen LogP contribution in [0.5, 0.6) is 11.5 Å². The maximum Gasteiger partial charge on any atom is 0.142 e. The van der Waals surface area contributed by atoms with Gasteiger partial charge in [0.05, 0.1) is 18.5 Å². The fraction of sp³-hybridized carbons (Fsp3) is 0.200. The summed E-state index contributed by atoms with van der Waals surface area (Å²) in [5, 5.41) is 3.26. The summed E-state index contributed by atoms with van der Waals surface area (Å²) in [5.74, 6) is 1.53. The van der Waals surface area contributed by atoms with Crippen molar-refractivity contribution in [2.45, 2.75) is 0 Å². The molecule has 0 fully saturated rings. The molecule has 19 heavy (non-hydrogen) atoms. The molecule has 0 spiro atoms. The van der Waals surface area contributed by atoms with Crippen molar-refractivity contribution in [3.05, 3.63) is 48.5 Å². The van der Waals surface area contributed by atoms with Crippen molar-refractivity contribution in [1.29, 1.82) is 0 Å². The van der Waals surface area contributed by atoms with Gasteiger partial charge < -0.3 is 20.5 Å². The summed E-state index contributed by atoms with van der Waals surface area (Å²) in [4.78, 5) is 0. The third kappa shape index (κ3) is 3.55. The number of hydrogen-bond donors (Lipinski definition) is 2. The van der Waals surface area contributed by atoms with Gasteiger partial charge in [-0.05, 0) is 24.3 Å². The van der Waals surface area contributed by atoms with Gasteiger partial charge in [0.2, 0.25) is 0 Å². The van der Waals surface area contributed by atoms with E-state index < -0.39 is 0 Å². The molecular weight excluding hydrogens is 240 g/mol. The molecule has 0 aromatic heterocycles. The zero-order valence-corrected chi connectivity index (χ0v) is 10.9. The Labute approximate surface area is 113 Å². The van der Waals surface area contributed by atoms with E-state index in [0.717, 1.165) is 11.4 Å². The van der Waals surface area contributed by atoms with Gasteiger partial charge in [-0.15, -0.1) is 0 Å². The highest BCUT2D eigenvalue weighted by molar-refractivity contribution is 5.56. The smallest absolute Gasteiger partial charge is 0.142 e. The second-order valence-electron chi connectivity index (χ2n) is 4.01. The fourth-order valence-corrected chi connectivity index (χ4v) is 1.75. The van der Waals surface area contributed by atoms with Crippen molar-refractivity contribution in [3.8, 4) is 11.5 Å². The van der Waals surface area contributed by atoms with Crippen LogP contribution in [0.25, 0.3) is 0 Å². The summed E-state index contributed by atoms with van der Waals surface area (Å²) >= 11 is 0. The molecule has 0 saturated heterocycles. The van der Waals surface area contributed by atoms with Gasteiger partial charge in [-0.25, -0.2) is 0 Å². The molecule has 0 heterocycles. The Morgan fingerprint density at radius 1 is 1.00 bits per heavy atom. The first-order valence-electron chi connectivity index (χ1n) is 6.15. The monoisotopic (exact) mass is 258 g/mol. The molecule has 100 valence electrons. The van der Waals surface area contributed by atoms with Crippen LogP contribution in [-0.2, 0) is 0 Å². The van der Waals surface area contributed by atoms with Crippen molar-refractivity contribution < 1.29 is 9.47 Å². The average Bonchev–Trinajstić information content (AvgIpc) is 2.45. The van der Waals surface area contributed by atoms with Crippen LogP contribution in [0.3, 0.4) is 0 Å². The van der Waals surface area contributed by atoms with E-state index in [2.05, 4.69) is 5.32 Å². The minimum absolute atomic E-state index is 0.534. The fourth-order valence-electron chi connectivity index (χ4n) is 1.75. The number of methoxy groups -OCH3 is 1. The highest BCUT2D eigenvalue weighted by atomic mass is 16.5. The summed E-state index contributed by atoms with van der Waals surface area (Å²) in [6.07, 6.45) is 0. The molecule has 3 N–H and O–H groups in total. The van der Waals surface area contributed by atoms with Crippen LogP contribution in [0.4, 0.5) is 11.4 Å². The van der Waals surface area contributed by atoms with Crippen molar-refractivity contribution >= 4 is 11.4 Å². The van der Waals surface area contributed by atoms with Crippen molar-refractivity contribution in [1.82, 2.24) is 0 Å².